The topological polar surface area (TPSA) is 76.1 Å². The van der Waals surface area contributed by atoms with Gasteiger partial charge in [-0.15, -0.1) is 0 Å². The maximum Gasteiger partial charge on any atom is 0.295 e. The summed E-state index contributed by atoms with van der Waals surface area (Å²) in [6.07, 6.45) is 2.49. The maximum absolute atomic E-state index is 13.3. The van der Waals surface area contributed by atoms with Crippen LogP contribution in [0.25, 0.3) is 5.76 Å². The van der Waals surface area contributed by atoms with Crippen LogP contribution in [0.4, 0.5) is 0 Å². The monoisotopic (exact) mass is 475 g/mol. The van der Waals surface area contributed by atoms with Crippen LogP contribution < -0.4 is 4.74 Å². The molecule has 1 amide bonds. The minimum atomic E-state index is -0.670. The van der Waals surface area contributed by atoms with Gasteiger partial charge in [-0.1, -0.05) is 45.0 Å². The highest BCUT2D eigenvalue weighted by atomic mass is 16.5. The number of Topliss-reactive ketones (excluding diaryl/α,β-unsaturated/α-hetero) is 1. The molecular weight excluding hydrogens is 442 g/mol. The molecular formula is C29H33NO5. The van der Waals surface area contributed by atoms with Gasteiger partial charge in [-0.3, -0.25) is 9.59 Å². The van der Waals surface area contributed by atoms with Crippen LogP contribution in [0.1, 0.15) is 68.8 Å². The molecule has 5 rings (SSSR count). The number of fused-ring (bicyclic) bond motifs is 1. The summed E-state index contributed by atoms with van der Waals surface area (Å²) in [5.74, 6) is -0.604. The van der Waals surface area contributed by atoms with Crippen LogP contribution >= 0.6 is 0 Å². The molecule has 1 N–H and O–H groups in total. The van der Waals surface area contributed by atoms with Gasteiger partial charge in [0.2, 0.25) is 0 Å². The van der Waals surface area contributed by atoms with Crippen LogP contribution in [0.5, 0.6) is 5.75 Å². The largest absolute Gasteiger partial charge is 0.507 e. The number of rotatable bonds is 4. The number of aliphatic hydroxyl groups excluding tert-OH is 1. The Morgan fingerprint density at radius 1 is 1.11 bits per heavy atom. The molecule has 0 radical (unpaired) electrons. The molecule has 6 nitrogen and oxygen atoms in total. The van der Waals surface area contributed by atoms with Crippen molar-refractivity contribution in [3.05, 3.63) is 70.3 Å². The minimum absolute atomic E-state index is 0.0261. The number of ketones is 1. The molecule has 0 bridgehead atoms. The van der Waals surface area contributed by atoms with Crippen LogP contribution in [0.15, 0.2) is 48.0 Å². The second kappa shape index (κ2) is 8.83. The van der Waals surface area contributed by atoms with Gasteiger partial charge in [-0.05, 0) is 60.1 Å². The maximum atomic E-state index is 13.3. The quantitative estimate of drug-likeness (QED) is 0.386. The van der Waals surface area contributed by atoms with Crippen molar-refractivity contribution >= 4 is 17.4 Å². The lowest BCUT2D eigenvalue weighted by Gasteiger charge is -2.28. The second-order valence-corrected chi connectivity index (χ2v) is 10.9. The molecule has 0 spiro atoms. The van der Waals surface area contributed by atoms with E-state index >= 15 is 0 Å². The Balaban J connectivity index is 1.59. The van der Waals surface area contributed by atoms with E-state index in [1.165, 1.54) is 0 Å². The Hall–Kier alpha value is -3.12. The Bertz CT molecular complexity index is 1180. The third kappa shape index (κ3) is 4.36. The first-order valence-corrected chi connectivity index (χ1v) is 12.4. The molecule has 3 aliphatic rings. The summed E-state index contributed by atoms with van der Waals surface area (Å²) < 4.78 is 11.6. The van der Waals surface area contributed by atoms with Crippen LogP contribution in [-0.2, 0) is 26.2 Å². The smallest absolute Gasteiger partial charge is 0.295 e. The predicted octanol–water partition coefficient (Wildman–Crippen LogP) is 4.91. The van der Waals surface area contributed by atoms with E-state index in [1.54, 1.807) is 11.0 Å². The summed E-state index contributed by atoms with van der Waals surface area (Å²) in [7, 11) is 0. The summed E-state index contributed by atoms with van der Waals surface area (Å²) >= 11 is 0. The number of carbonyl (C=O) groups is 2. The van der Waals surface area contributed by atoms with E-state index in [-0.39, 0.29) is 29.0 Å². The van der Waals surface area contributed by atoms with Gasteiger partial charge < -0.3 is 19.5 Å². The highest BCUT2D eigenvalue weighted by molar-refractivity contribution is 6.46. The lowest BCUT2D eigenvalue weighted by atomic mass is 9.85. The van der Waals surface area contributed by atoms with Crippen LogP contribution in [0.3, 0.4) is 0 Å². The van der Waals surface area contributed by atoms with E-state index in [0.717, 1.165) is 41.7 Å². The van der Waals surface area contributed by atoms with Crippen molar-refractivity contribution in [2.75, 3.05) is 13.2 Å². The van der Waals surface area contributed by atoms with E-state index in [9.17, 15) is 14.7 Å². The van der Waals surface area contributed by atoms with Gasteiger partial charge >= 0.3 is 0 Å². The molecule has 0 aromatic heterocycles. The van der Waals surface area contributed by atoms with Crippen molar-refractivity contribution in [3.63, 3.8) is 0 Å². The Morgan fingerprint density at radius 2 is 1.86 bits per heavy atom. The van der Waals surface area contributed by atoms with Gasteiger partial charge in [0.05, 0.1) is 17.7 Å². The third-order valence-electron chi connectivity index (χ3n) is 7.23. The average molecular weight is 476 g/mol. The van der Waals surface area contributed by atoms with Crippen molar-refractivity contribution in [2.24, 2.45) is 0 Å². The molecule has 2 fully saturated rings. The zero-order valence-corrected chi connectivity index (χ0v) is 20.8. The van der Waals surface area contributed by atoms with E-state index in [1.807, 2.05) is 43.3 Å². The van der Waals surface area contributed by atoms with Crippen LogP contribution in [0.2, 0.25) is 0 Å². The molecule has 6 heteroatoms. The number of likely N-dealkylation sites (tertiary alicyclic amines) is 1. The van der Waals surface area contributed by atoms with Crippen molar-refractivity contribution in [1.29, 1.82) is 0 Å². The molecule has 3 heterocycles. The summed E-state index contributed by atoms with van der Waals surface area (Å²) in [6, 6.07) is 12.8. The molecule has 0 aliphatic carbocycles. The zero-order chi connectivity index (χ0) is 24.9. The Labute approximate surface area is 206 Å². The third-order valence-corrected chi connectivity index (χ3v) is 7.23. The van der Waals surface area contributed by atoms with E-state index in [4.69, 9.17) is 9.47 Å². The number of hydrogen-bond donors (Lipinski definition) is 1. The molecule has 184 valence electrons. The minimum Gasteiger partial charge on any atom is -0.507 e. The molecule has 0 unspecified atom stereocenters. The fraction of sp³-hybridized carbons (Fsp3) is 0.448. The number of ether oxygens (including phenoxy) is 2. The Morgan fingerprint density at radius 3 is 2.51 bits per heavy atom. The zero-order valence-electron chi connectivity index (χ0n) is 20.8. The van der Waals surface area contributed by atoms with Crippen molar-refractivity contribution < 1.29 is 24.2 Å². The van der Waals surface area contributed by atoms with Crippen molar-refractivity contribution in [2.45, 2.75) is 70.6 Å². The first-order valence-electron chi connectivity index (χ1n) is 12.4. The molecule has 0 saturated carbocycles. The molecule has 2 aromatic carbocycles. The molecule has 2 aromatic rings. The number of aliphatic hydroxyl groups is 1. The first-order chi connectivity index (χ1) is 16.6. The second-order valence-electron chi connectivity index (χ2n) is 10.9. The standard InChI is InChI=1S/C29H33NO5/c1-17-14-20-15-19(9-12-23(20)35-17)26(31)24-25(18-7-10-21(11-8-18)29(2,3)4)30(28(33)27(24)32)16-22-6-5-13-34-22/h7-12,15,17,22,25,31H,5-6,13-14,16H2,1-4H3/t17-,22+,25+/m1/s1. The summed E-state index contributed by atoms with van der Waals surface area (Å²) in [6.45, 7) is 9.41. The molecule has 3 atom stereocenters. The number of hydrogen-bond acceptors (Lipinski definition) is 5. The Kier molecular flexibility index (Phi) is 5.96. The summed E-state index contributed by atoms with van der Waals surface area (Å²) in [5, 5.41) is 11.4. The number of amides is 1. The average Bonchev–Trinajstić information content (AvgIpc) is 3.52. The molecule has 35 heavy (non-hydrogen) atoms. The lowest BCUT2D eigenvalue weighted by Crippen LogP contribution is -2.36. The predicted molar refractivity (Wildman–Crippen MR) is 133 cm³/mol. The van der Waals surface area contributed by atoms with Crippen molar-refractivity contribution in [1.82, 2.24) is 4.90 Å². The van der Waals surface area contributed by atoms with Gasteiger partial charge in [-0.2, -0.15) is 0 Å². The van der Waals surface area contributed by atoms with Crippen LogP contribution in [-0.4, -0.2) is 47.1 Å². The van der Waals surface area contributed by atoms with Gasteiger partial charge in [0, 0.05) is 25.1 Å². The normalized spacial score (nSPS) is 25.7. The van der Waals surface area contributed by atoms with E-state index in [2.05, 4.69) is 20.8 Å². The van der Waals surface area contributed by atoms with Gasteiger partial charge in [0.15, 0.2) is 0 Å². The van der Waals surface area contributed by atoms with Gasteiger partial charge in [0.25, 0.3) is 11.7 Å². The molecule has 3 aliphatic heterocycles. The highest BCUT2D eigenvalue weighted by Crippen LogP contribution is 2.41. The highest BCUT2D eigenvalue weighted by Gasteiger charge is 2.47. The SMILES string of the molecule is C[C@@H]1Cc2cc(C(O)=C3C(=O)C(=O)N(C[C@@H]4CCCO4)[C@H]3c3ccc(C(C)(C)C)cc3)ccc2O1. The number of nitrogens with zero attached hydrogens (tertiary/aromatic N) is 1. The number of carbonyl (C=O) groups excluding carboxylic acids is 2. The fourth-order valence-electron chi connectivity index (χ4n) is 5.31. The first kappa shape index (κ1) is 23.6. The molecule has 2 saturated heterocycles. The van der Waals surface area contributed by atoms with Crippen molar-refractivity contribution in [3.8, 4) is 5.75 Å². The van der Waals surface area contributed by atoms with Crippen LogP contribution in [0, 0.1) is 0 Å². The summed E-state index contributed by atoms with van der Waals surface area (Å²) in [5.41, 5.74) is 3.57. The summed E-state index contributed by atoms with van der Waals surface area (Å²) in [4.78, 5) is 28.1. The lowest BCUT2D eigenvalue weighted by molar-refractivity contribution is -0.140. The van der Waals surface area contributed by atoms with E-state index < -0.39 is 17.7 Å². The van der Waals surface area contributed by atoms with Gasteiger partial charge in [0.1, 0.15) is 17.6 Å². The number of benzene rings is 2. The fourth-order valence-corrected chi connectivity index (χ4v) is 5.31. The van der Waals surface area contributed by atoms with Gasteiger partial charge in [-0.25, -0.2) is 0 Å². The van der Waals surface area contributed by atoms with E-state index in [0.29, 0.717) is 18.7 Å².